The Labute approximate surface area is 87.8 Å². The molecular weight excluding hydrogens is 229 g/mol. The summed E-state index contributed by atoms with van der Waals surface area (Å²) < 4.78 is 38.7. The van der Waals surface area contributed by atoms with E-state index in [0.717, 1.165) is 11.3 Å². The number of alkyl halides is 2. The Hall–Kier alpha value is -0.680. The van der Waals surface area contributed by atoms with Crippen LogP contribution in [0.2, 0.25) is 0 Å². The fourth-order valence-corrected chi connectivity index (χ4v) is 2.51. The predicted octanol–water partition coefficient (Wildman–Crippen LogP) is 4.27. The molecule has 2 aromatic rings. The number of halogens is 3. The number of benzene rings is 1. The Morgan fingerprint density at radius 3 is 2.64 bits per heavy atom. The maximum absolute atomic E-state index is 13.2. The highest BCUT2D eigenvalue weighted by atomic mass is 32.1. The summed E-state index contributed by atoms with van der Waals surface area (Å²) in [6.45, 7) is 0. The fourth-order valence-electron chi connectivity index (χ4n) is 1.30. The standard InChI is InChI=1S/C9H5F3S2/c10-5-3-14-8-6(13)2-1-4(7(5)8)9(11)12/h1-3,9,13H. The summed E-state index contributed by atoms with van der Waals surface area (Å²) in [5.41, 5.74) is -0.267. The molecule has 0 aliphatic heterocycles. The molecule has 0 spiro atoms. The van der Waals surface area contributed by atoms with Gasteiger partial charge >= 0.3 is 0 Å². The zero-order valence-electron chi connectivity index (χ0n) is 6.80. The van der Waals surface area contributed by atoms with Crippen molar-refractivity contribution in [3.05, 3.63) is 28.9 Å². The highest BCUT2D eigenvalue weighted by molar-refractivity contribution is 7.80. The van der Waals surface area contributed by atoms with Crippen molar-refractivity contribution in [1.29, 1.82) is 0 Å². The lowest BCUT2D eigenvalue weighted by Gasteiger charge is -2.03. The number of rotatable bonds is 1. The lowest BCUT2D eigenvalue weighted by atomic mass is 10.1. The molecule has 74 valence electrons. The first kappa shape index (κ1) is 9.86. The molecule has 0 fully saturated rings. The van der Waals surface area contributed by atoms with Crippen LogP contribution in [0.3, 0.4) is 0 Å². The number of hydrogen-bond acceptors (Lipinski definition) is 2. The Balaban J connectivity index is 2.85. The Kier molecular flexibility index (Phi) is 2.45. The van der Waals surface area contributed by atoms with Crippen molar-refractivity contribution in [3.8, 4) is 0 Å². The molecule has 0 aliphatic carbocycles. The van der Waals surface area contributed by atoms with Crippen LogP contribution in [0, 0.1) is 5.82 Å². The molecule has 2 rings (SSSR count). The molecule has 0 saturated heterocycles. The Morgan fingerprint density at radius 1 is 1.29 bits per heavy atom. The molecule has 1 heterocycles. The smallest absolute Gasteiger partial charge is 0.205 e. The van der Waals surface area contributed by atoms with Gasteiger partial charge in [0.25, 0.3) is 6.43 Å². The molecule has 0 radical (unpaired) electrons. The van der Waals surface area contributed by atoms with Crippen molar-refractivity contribution in [3.63, 3.8) is 0 Å². The molecule has 14 heavy (non-hydrogen) atoms. The van der Waals surface area contributed by atoms with Gasteiger partial charge in [-0.3, -0.25) is 0 Å². The second kappa shape index (κ2) is 3.47. The zero-order valence-corrected chi connectivity index (χ0v) is 8.51. The highest BCUT2D eigenvalue weighted by Crippen LogP contribution is 2.36. The SMILES string of the molecule is Fc1csc2c(S)ccc(C(F)F)c12. The van der Waals surface area contributed by atoms with Crippen LogP contribution in [0.4, 0.5) is 13.2 Å². The normalized spacial score (nSPS) is 11.5. The maximum Gasteiger partial charge on any atom is 0.264 e. The predicted molar refractivity (Wildman–Crippen MR) is 54.0 cm³/mol. The van der Waals surface area contributed by atoms with Gasteiger partial charge in [-0.2, -0.15) is 0 Å². The van der Waals surface area contributed by atoms with Crippen molar-refractivity contribution in [2.75, 3.05) is 0 Å². The number of hydrogen-bond donors (Lipinski definition) is 1. The van der Waals surface area contributed by atoms with E-state index in [1.54, 1.807) is 0 Å². The summed E-state index contributed by atoms with van der Waals surface area (Å²) in [6, 6.07) is 2.67. The van der Waals surface area contributed by atoms with Crippen LogP contribution >= 0.6 is 24.0 Å². The van der Waals surface area contributed by atoms with E-state index in [2.05, 4.69) is 12.6 Å². The maximum atomic E-state index is 13.2. The molecule has 0 unspecified atom stereocenters. The molecule has 0 N–H and O–H groups in total. The van der Waals surface area contributed by atoms with Gasteiger partial charge in [-0.25, -0.2) is 13.2 Å². The summed E-state index contributed by atoms with van der Waals surface area (Å²) in [5.74, 6) is -0.601. The third-order valence-corrected chi connectivity index (χ3v) is 3.43. The van der Waals surface area contributed by atoms with Gasteiger partial charge < -0.3 is 0 Å². The molecule has 5 heteroatoms. The fraction of sp³-hybridized carbons (Fsp3) is 0.111. The number of fused-ring (bicyclic) bond motifs is 1. The van der Waals surface area contributed by atoms with Gasteiger partial charge in [-0.15, -0.1) is 24.0 Å². The van der Waals surface area contributed by atoms with Crippen LogP contribution in [-0.2, 0) is 0 Å². The summed E-state index contributed by atoms with van der Waals surface area (Å²) in [5, 5.41) is 1.22. The highest BCUT2D eigenvalue weighted by Gasteiger charge is 2.17. The molecule has 0 bridgehead atoms. The van der Waals surface area contributed by atoms with Crippen molar-refractivity contribution >= 4 is 34.1 Å². The van der Waals surface area contributed by atoms with Gasteiger partial charge in [0.05, 0.1) is 4.70 Å². The van der Waals surface area contributed by atoms with Crippen molar-refractivity contribution in [1.82, 2.24) is 0 Å². The Bertz CT molecular complexity index is 476. The van der Waals surface area contributed by atoms with E-state index in [-0.39, 0.29) is 10.9 Å². The van der Waals surface area contributed by atoms with Gasteiger partial charge in [0.15, 0.2) is 0 Å². The number of thiol groups is 1. The van der Waals surface area contributed by atoms with Gasteiger partial charge in [0, 0.05) is 21.2 Å². The lowest BCUT2D eigenvalue weighted by molar-refractivity contribution is 0.153. The van der Waals surface area contributed by atoms with E-state index in [0.29, 0.717) is 9.60 Å². The van der Waals surface area contributed by atoms with Crippen LogP contribution in [-0.4, -0.2) is 0 Å². The number of thiophene rings is 1. The van der Waals surface area contributed by atoms with Crippen LogP contribution in [0.1, 0.15) is 12.0 Å². The molecule has 0 atom stereocenters. The van der Waals surface area contributed by atoms with E-state index in [9.17, 15) is 13.2 Å². The molecule has 0 amide bonds. The third kappa shape index (κ3) is 1.40. The first-order chi connectivity index (χ1) is 6.61. The van der Waals surface area contributed by atoms with Crippen molar-refractivity contribution in [2.45, 2.75) is 11.3 Å². The van der Waals surface area contributed by atoms with Crippen molar-refractivity contribution in [2.24, 2.45) is 0 Å². The third-order valence-electron chi connectivity index (χ3n) is 1.92. The monoisotopic (exact) mass is 234 g/mol. The van der Waals surface area contributed by atoms with Crippen LogP contribution in [0.5, 0.6) is 0 Å². The lowest BCUT2D eigenvalue weighted by Crippen LogP contribution is -1.86. The van der Waals surface area contributed by atoms with Gasteiger partial charge in [-0.05, 0) is 6.07 Å². The van der Waals surface area contributed by atoms with E-state index in [1.165, 1.54) is 17.5 Å². The van der Waals surface area contributed by atoms with Crippen LogP contribution in [0.25, 0.3) is 10.1 Å². The first-order valence-corrected chi connectivity index (χ1v) is 5.10. The van der Waals surface area contributed by atoms with E-state index >= 15 is 0 Å². The zero-order chi connectivity index (χ0) is 10.3. The van der Waals surface area contributed by atoms with E-state index in [4.69, 9.17) is 0 Å². The van der Waals surface area contributed by atoms with Gasteiger partial charge in [0.2, 0.25) is 0 Å². The second-order valence-electron chi connectivity index (χ2n) is 2.76. The molecule has 0 aliphatic rings. The summed E-state index contributed by atoms with van der Waals surface area (Å²) >= 11 is 5.17. The molecule has 1 aromatic carbocycles. The second-order valence-corrected chi connectivity index (χ2v) is 4.12. The van der Waals surface area contributed by atoms with E-state index < -0.39 is 12.2 Å². The average Bonchev–Trinajstić information content (AvgIpc) is 2.50. The average molecular weight is 234 g/mol. The van der Waals surface area contributed by atoms with Gasteiger partial charge in [-0.1, -0.05) is 6.07 Å². The summed E-state index contributed by atoms with van der Waals surface area (Å²) in [4.78, 5) is 0.526. The van der Waals surface area contributed by atoms with Gasteiger partial charge in [0.1, 0.15) is 5.82 Å². The Morgan fingerprint density at radius 2 is 2.00 bits per heavy atom. The van der Waals surface area contributed by atoms with Crippen LogP contribution < -0.4 is 0 Å². The van der Waals surface area contributed by atoms with E-state index in [1.807, 2.05) is 0 Å². The minimum absolute atomic E-state index is 0.00231. The summed E-state index contributed by atoms with van der Waals surface area (Å²) in [7, 11) is 0. The molecule has 1 aromatic heterocycles. The topological polar surface area (TPSA) is 0 Å². The molecule has 0 saturated carbocycles. The summed E-state index contributed by atoms with van der Waals surface area (Å²) in [6.07, 6.45) is -2.66. The largest absolute Gasteiger partial charge is 0.264 e. The quantitative estimate of drug-likeness (QED) is 0.700. The first-order valence-electron chi connectivity index (χ1n) is 3.78. The molecular formula is C9H5F3S2. The minimum atomic E-state index is -2.66. The minimum Gasteiger partial charge on any atom is -0.205 e. The molecule has 0 nitrogen and oxygen atoms in total. The van der Waals surface area contributed by atoms with Crippen LogP contribution in [0.15, 0.2) is 22.4 Å². The van der Waals surface area contributed by atoms with Crippen molar-refractivity contribution < 1.29 is 13.2 Å².